The van der Waals surface area contributed by atoms with Gasteiger partial charge in [0.2, 0.25) is 5.91 Å². The Hall–Kier alpha value is -1.16. The normalized spacial score (nSPS) is 15.6. The molecule has 2 rings (SSSR count). The van der Waals surface area contributed by atoms with Crippen molar-refractivity contribution in [2.24, 2.45) is 0 Å². The number of halogens is 1. The molecule has 1 aromatic carbocycles. The standard InChI is InChI=1S/C12H12BrNO2/c1-8-4-5-9(13)7-10(8)12(16)14-6-2-3-11(14)15/h4-5,7H,2-3,6H2,1H3. The van der Waals surface area contributed by atoms with Gasteiger partial charge in [0, 0.05) is 23.0 Å². The van der Waals surface area contributed by atoms with Crippen LogP contribution in [0.4, 0.5) is 0 Å². The molecule has 1 aliphatic heterocycles. The highest BCUT2D eigenvalue weighted by atomic mass is 79.9. The fraction of sp³-hybridized carbons (Fsp3) is 0.333. The molecular formula is C12H12BrNO2. The van der Waals surface area contributed by atoms with Crippen LogP contribution >= 0.6 is 15.9 Å². The minimum absolute atomic E-state index is 0.0654. The van der Waals surface area contributed by atoms with Gasteiger partial charge in [0.1, 0.15) is 0 Å². The van der Waals surface area contributed by atoms with Gasteiger partial charge in [-0.2, -0.15) is 0 Å². The van der Waals surface area contributed by atoms with Crippen LogP contribution in [0.15, 0.2) is 22.7 Å². The van der Waals surface area contributed by atoms with Crippen molar-refractivity contribution in [3.8, 4) is 0 Å². The second-order valence-corrected chi connectivity index (χ2v) is 4.83. The highest BCUT2D eigenvalue weighted by Crippen LogP contribution is 2.20. The van der Waals surface area contributed by atoms with Crippen LogP contribution in [0, 0.1) is 6.92 Å². The molecule has 0 bridgehead atoms. The largest absolute Gasteiger partial charge is 0.278 e. The quantitative estimate of drug-likeness (QED) is 0.742. The maximum Gasteiger partial charge on any atom is 0.260 e. The van der Waals surface area contributed by atoms with Gasteiger partial charge in [0.05, 0.1) is 0 Å². The van der Waals surface area contributed by atoms with E-state index < -0.39 is 0 Å². The number of carbonyl (C=O) groups is 2. The van der Waals surface area contributed by atoms with E-state index in [0.717, 1.165) is 16.5 Å². The molecule has 0 aromatic heterocycles. The highest BCUT2D eigenvalue weighted by molar-refractivity contribution is 9.10. The topological polar surface area (TPSA) is 37.4 Å². The molecule has 16 heavy (non-hydrogen) atoms. The summed E-state index contributed by atoms with van der Waals surface area (Å²) < 4.78 is 0.855. The van der Waals surface area contributed by atoms with Crippen LogP contribution in [0.25, 0.3) is 0 Å². The number of hydrogen-bond acceptors (Lipinski definition) is 2. The van der Waals surface area contributed by atoms with Crippen LogP contribution in [-0.4, -0.2) is 23.3 Å². The Labute approximate surface area is 103 Å². The zero-order valence-corrected chi connectivity index (χ0v) is 10.6. The lowest BCUT2D eigenvalue weighted by Crippen LogP contribution is -2.32. The van der Waals surface area contributed by atoms with Gasteiger partial charge in [0.25, 0.3) is 5.91 Å². The van der Waals surface area contributed by atoms with Crippen molar-refractivity contribution in [3.63, 3.8) is 0 Å². The first-order valence-electron chi connectivity index (χ1n) is 5.20. The first-order chi connectivity index (χ1) is 7.59. The van der Waals surface area contributed by atoms with Gasteiger partial charge in [0.15, 0.2) is 0 Å². The van der Waals surface area contributed by atoms with Crippen LogP contribution in [-0.2, 0) is 4.79 Å². The zero-order valence-electron chi connectivity index (χ0n) is 9.00. The molecule has 1 fully saturated rings. The second kappa shape index (κ2) is 4.37. The third-order valence-electron chi connectivity index (χ3n) is 2.75. The lowest BCUT2D eigenvalue weighted by Gasteiger charge is -2.15. The van der Waals surface area contributed by atoms with Crippen molar-refractivity contribution in [1.82, 2.24) is 4.90 Å². The van der Waals surface area contributed by atoms with Crippen LogP contribution in [0.1, 0.15) is 28.8 Å². The summed E-state index contributed by atoms with van der Waals surface area (Å²) in [6.07, 6.45) is 1.26. The smallest absolute Gasteiger partial charge is 0.260 e. The van der Waals surface area contributed by atoms with E-state index in [1.165, 1.54) is 4.90 Å². The molecule has 0 unspecified atom stereocenters. The van der Waals surface area contributed by atoms with Crippen molar-refractivity contribution in [2.45, 2.75) is 19.8 Å². The van der Waals surface area contributed by atoms with Gasteiger partial charge in [-0.05, 0) is 31.0 Å². The van der Waals surface area contributed by atoms with E-state index in [2.05, 4.69) is 15.9 Å². The van der Waals surface area contributed by atoms with Crippen molar-refractivity contribution < 1.29 is 9.59 Å². The maximum atomic E-state index is 12.1. The molecule has 4 heteroatoms. The Morgan fingerprint density at radius 1 is 1.44 bits per heavy atom. The Morgan fingerprint density at radius 3 is 2.81 bits per heavy atom. The molecule has 1 aromatic rings. The lowest BCUT2D eigenvalue weighted by molar-refractivity contribution is -0.125. The van der Waals surface area contributed by atoms with Crippen LogP contribution < -0.4 is 0 Å². The van der Waals surface area contributed by atoms with Gasteiger partial charge in [-0.25, -0.2) is 0 Å². The number of aryl methyl sites for hydroxylation is 1. The monoisotopic (exact) mass is 281 g/mol. The summed E-state index contributed by atoms with van der Waals surface area (Å²) in [7, 11) is 0. The van der Waals surface area contributed by atoms with Crippen molar-refractivity contribution >= 4 is 27.7 Å². The fourth-order valence-corrected chi connectivity index (χ4v) is 2.19. The van der Waals surface area contributed by atoms with E-state index in [0.29, 0.717) is 18.5 Å². The molecular weight excluding hydrogens is 270 g/mol. The number of benzene rings is 1. The Bertz CT molecular complexity index is 456. The molecule has 0 N–H and O–H groups in total. The first-order valence-corrected chi connectivity index (χ1v) is 6.00. The number of likely N-dealkylation sites (tertiary alicyclic amines) is 1. The van der Waals surface area contributed by atoms with Gasteiger partial charge < -0.3 is 0 Å². The third kappa shape index (κ3) is 2.02. The van der Waals surface area contributed by atoms with Gasteiger partial charge in [-0.15, -0.1) is 0 Å². The van der Waals surface area contributed by atoms with Crippen LogP contribution in [0.2, 0.25) is 0 Å². The van der Waals surface area contributed by atoms with Crippen molar-refractivity contribution in [3.05, 3.63) is 33.8 Å². The van der Waals surface area contributed by atoms with E-state index in [9.17, 15) is 9.59 Å². The Kier molecular flexibility index (Phi) is 3.10. The number of amides is 2. The average Bonchev–Trinajstić information content (AvgIpc) is 2.67. The summed E-state index contributed by atoms with van der Waals surface area (Å²) in [6.45, 7) is 2.42. The van der Waals surface area contributed by atoms with E-state index in [1.807, 2.05) is 19.1 Å². The summed E-state index contributed by atoms with van der Waals surface area (Å²) in [5, 5.41) is 0. The maximum absolute atomic E-state index is 12.1. The summed E-state index contributed by atoms with van der Waals surface area (Å²) in [5.74, 6) is -0.245. The second-order valence-electron chi connectivity index (χ2n) is 3.91. The van der Waals surface area contributed by atoms with E-state index in [-0.39, 0.29) is 11.8 Å². The van der Waals surface area contributed by atoms with Gasteiger partial charge in [-0.3, -0.25) is 14.5 Å². The number of rotatable bonds is 1. The summed E-state index contributed by atoms with van der Waals surface area (Å²) in [6, 6.07) is 5.53. The molecule has 1 heterocycles. The van der Waals surface area contributed by atoms with E-state index in [4.69, 9.17) is 0 Å². The minimum Gasteiger partial charge on any atom is -0.278 e. The predicted molar refractivity (Wildman–Crippen MR) is 64.2 cm³/mol. The molecule has 0 radical (unpaired) electrons. The van der Waals surface area contributed by atoms with Crippen LogP contribution in [0.3, 0.4) is 0 Å². The molecule has 2 amide bonds. The Morgan fingerprint density at radius 2 is 2.19 bits per heavy atom. The predicted octanol–water partition coefficient (Wildman–Crippen LogP) is 2.52. The zero-order chi connectivity index (χ0) is 11.7. The number of imide groups is 1. The first kappa shape index (κ1) is 11.3. The number of hydrogen-bond donors (Lipinski definition) is 0. The third-order valence-corrected chi connectivity index (χ3v) is 3.24. The highest BCUT2D eigenvalue weighted by Gasteiger charge is 2.28. The molecule has 0 atom stereocenters. The number of nitrogens with zero attached hydrogens (tertiary/aromatic N) is 1. The summed E-state index contributed by atoms with van der Waals surface area (Å²) >= 11 is 3.33. The lowest BCUT2D eigenvalue weighted by atomic mass is 10.1. The average molecular weight is 282 g/mol. The van der Waals surface area contributed by atoms with Gasteiger partial charge in [-0.1, -0.05) is 22.0 Å². The molecule has 0 saturated carbocycles. The van der Waals surface area contributed by atoms with E-state index in [1.54, 1.807) is 6.07 Å². The fourth-order valence-electron chi connectivity index (χ4n) is 1.83. The molecule has 0 aliphatic carbocycles. The molecule has 0 spiro atoms. The SMILES string of the molecule is Cc1ccc(Br)cc1C(=O)N1CCCC1=O. The number of carbonyl (C=O) groups excluding carboxylic acids is 2. The van der Waals surface area contributed by atoms with Gasteiger partial charge >= 0.3 is 0 Å². The van der Waals surface area contributed by atoms with Crippen LogP contribution in [0.5, 0.6) is 0 Å². The molecule has 1 saturated heterocycles. The van der Waals surface area contributed by atoms with Crippen molar-refractivity contribution in [1.29, 1.82) is 0 Å². The van der Waals surface area contributed by atoms with E-state index >= 15 is 0 Å². The minimum atomic E-state index is -0.179. The molecule has 1 aliphatic rings. The Balaban J connectivity index is 2.33. The van der Waals surface area contributed by atoms with Crippen molar-refractivity contribution in [2.75, 3.05) is 6.54 Å². The molecule has 84 valence electrons. The summed E-state index contributed by atoms with van der Waals surface area (Å²) in [5.41, 5.74) is 1.50. The summed E-state index contributed by atoms with van der Waals surface area (Å²) in [4.78, 5) is 24.9. The molecule has 3 nitrogen and oxygen atoms in total.